The summed E-state index contributed by atoms with van der Waals surface area (Å²) in [6, 6.07) is 10.0. The monoisotopic (exact) mass is 590 g/mol. The number of carbonyl (C=O) groups is 1. The van der Waals surface area contributed by atoms with E-state index in [1.807, 2.05) is 0 Å². The van der Waals surface area contributed by atoms with E-state index in [2.05, 4.69) is 9.72 Å². The summed E-state index contributed by atoms with van der Waals surface area (Å²) >= 11 is 0. The molecule has 2 atom stereocenters. The minimum absolute atomic E-state index is 0.0762. The first kappa shape index (κ1) is 30.2. The number of halogens is 9. The first-order valence-electron chi connectivity index (χ1n) is 12.2. The van der Waals surface area contributed by atoms with Crippen molar-refractivity contribution in [3.05, 3.63) is 89.2 Å². The zero-order valence-electron chi connectivity index (χ0n) is 21.5. The van der Waals surface area contributed by atoms with Crippen molar-refractivity contribution >= 4 is 11.6 Å². The van der Waals surface area contributed by atoms with Crippen LogP contribution in [0.25, 0.3) is 0 Å². The van der Waals surface area contributed by atoms with E-state index in [9.17, 15) is 44.3 Å². The highest BCUT2D eigenvalue weighted by atomic mass is 19.4. The maximum absolute atomic E-state index is 13.7. The van der Waals surface area contributed by atoms with Crippen molar-refractivity contribution in [3.8, 4) is 5.75 Å². The smallest absolute Gasteiger partial charge is 0.406 e. The molecule has 1 saturated heterocycles. The van der Waals surface area contributed by atoms with Crippen LogP contribution in [0.15, 0.2) is 66.9 Å². The van der Waals surface area contributed by atoms with Gasteiger partial charge in [-0.15, -0.1) is 13.2 Å². The molecule has 4 rings (SSSR count). The molecule has 1 aliphatic rings. The fourth-order valence-corrected chi connectivity index (χ4v) is 5.01. The predicted molar refractivity (Wildman–Crippen MR) is 130 cm³/mol. The lowest BCUT2D eigenvalue weighted by molar-refractivity contribution is -0.274. The second kappa shape index (κ2) is 10.6. The van der Waals surface area contributed by atoms with Crippen LogP contribution in [0.1, 0.15) is 55.1 Å². The molecule has 4 nitrogen and oxygen atoms in total. The van der Waals surface area contributed by atoms with E-state index in [-0.39, 0.29) is 24.1 Å². The van der Waals surface area contributed by atoms with Gasteiger partial charge >= 0.3 is 18.7 Å². The van der Waals surface area contributed by atoms with Gasteiger partial charge in [0.25, 0.3) is 0 Å². The number of ether oxygens (including phenoxy) is 1. The fourth-order valence-electron chi connectivity index (χ4n) is 5.01. The molecule has 1 amide bonds. The molecule has 0 saturated carbocycles. The maximum atomic E-state index is 13.7. The lowest BCUT2D eigenvalue weighted by atomic mass is 9.76. The van der Waals surface area contributed by atoms with Crippen molar-refractivity contribution in [1.82, 2.24) is 4.98 Å². The molecular weight excluding hydrogens is 567 g/mol. The number of alkyl halides is 9. The summed E-state index contributed by atoms with van der Waals surface area (Å²) in [6.45, 7) is 3.41. The van der Waals surface area contributed by atoms with Crippen LogP contribution < -0.4 is 9.64 Å². The molecule has 3 aromatic rings. The summed E-state index contributed by atoms with van der Waals surface area (Å²) in [6.07, 6.45) is -13.0. The maximum Gasteiger partial charge on any atom is 0.573 e. The number of carbonyl (C=O) groups excluding carboxylic acids is 1. The van der Waals surface area contributed by atoms with Gasteiger partial charge in [-0.1, -0.05) is 32.0 Å². The molecule has 1 aromatic heterocycles. The second-order valence-corrected chi connectivity index (χ2v) is 10.3. The largest absolute Gasteiger partial charge is 0.573 e. The topological polar surface area (TPSA) is 42.4 Å². The van der Waals surface area contributed by atoms with Crippen LogP contribution in [0.3, 0.4) is 0 Å². The number of hydrogen-bond donors (Lipinski definition) is 0. The molecule has 2 heterocycles. The average molecular weight is 590 g/mol. The third-order valence-electron chi connectivity index (χ3n) is 6.95. The Morgan fingerprint density at radius 3 is 2.02 bits per heavy atom. The quantitative estimate of drug-likeness (QED) is 0.271. The van der Waals surface area contributed by atoms with Gasteiger partial charge in [-0.05, 0) is 71.8 Å². The van der Waals surface area contributed by atoms with Crippen molar-refractivity contribution in [2.75, 3.05) is 4.90 Å². The van der Waals surface area contributed by atoms with E-state index in [1.54, 1.807) is 13.8 Å². The Labute approximate surface area is 228 Å². The third-order valence-corrected chi connectivity index (χ3v) is 6.95. The summed E-state index contributed by atoms with van der Waals surface area (Å²) in [5.41, 5.74) is -2.10. The Morgan fingerprint density at radius 1 is 0.854 bits per heavy atom. The van der Waals surface area contributed by atoms with Gasteiger partial charge < -0.3 is 9.64 Å². The van der Waals surface area contributed by atoms with Crippen LogP contribution in [0.5, 0.6) is 5.75 Å². The lowest BCUT2D eigenvalue weighted by Gasteiger charge is -2.28. The zero-order chi connectivity index (χ0) is 30.4. The SMILES string of the molecule is CC(C)(C[C@@H]1C[C@H](c2cccc(OC(F)(F)F)c2)N(c2ccc(C(F)(F)F)cc2)C1=O)c1ccc(C(F)(F)F)nc1. The van der Waals surface area contributed by atoms with Crippen LogP contribution in [0.2, 0.25) is 0 Å². The van der Waals surface area contributed by atoms with E-state index in [4.69, 9.17) is 0 Å². The molecule has 0 aliphatic carbocycles. The highest BCUT2D eigenvalue weighted by Gasteiger charge is 2.44. The molecule has 0 bridgehead atoms. The van der Waals surface area contributed by atoms with Gasteiger partial charge in [0.05, 0.1) is 11.6 Å². The Balaban J connectivity index is 1.68. The number of amides is 1. The molecule has 0 spiro atoms. The van der Waals surface area contributed by atoms with E-state index >= 15 is 0 Å². The number of hydrogen-bond acceptors (Lipinski definition) is 3. The number of nitrogens with zero attached hydrogens (tertiary/aromatic N) is 2. The Bertz CT molecular complexity index is 1380. The predicted octanol–water partition coefficient (Wildman–Crippen LogP) is 8.48. The number of rotatable bonds is 6. The standard InChI is InChI=1S/C28H23F9N2O2/c1-25(2,19-8-11-23(38-15-19)27(32,33)34)14-17-13-22(16-4-3-5-21(12-16)41-28(35,36)37)39(24(17)40)20-9-6-18(7-10-20)26(29,30)31/h3-12,15,17,22H,13-14H2,1-2H3/t17-,22+/m0/s1. The van der Waals surface area contributed by atoms with E-state index in [0.29, 0.717) is 5.56 Å². The third kappa shape index (κ3) is 6.94. The molecule has 0 radical (unpaired) electrons. The van der Waals surface area contributed by atoms with E-state index in [0.717, 1.165) is 48.7 Å². The van der Waals surface area contributed by atoms with Gasteiger partial charge in [-0.25, -0.2) is 0 Å². The average Bonchev–Trinajstić information content (AvgIpc) is 3.17. The first-order chi connectivity index (χ1) is 18.8. The van der Waals surface area contributed by atoms with Gasteiger partial charge in [0.2, 0.25) is 5.91 Å². The lowest BCUT2D eigenvalue weighted by Crippen LogP contribution is -2.31. The van der Waals surface area contributed by atoms with Crippen LogP contribution >= 0.6 is 0 Å². The van der Waals surface area contributed by atoms with Crippen LogP contribution in [0.4, 0.5) is 45.2 Å². The molecule has 1 aliphatic heterocycles. The van der Waals surface area contributed by atoms with Gasteiger partial charge in [0.1, 0.15) is 11.4 Å². The van der Waals surface area contributed by atoms with Crippen molar-refractivity contribution in [1.29, 1.82) is 0 Å². The molecule has 13 heteroatoms. The van der Waals surface area contributed by atoms with Gasteiger partial charge in [-0.2, -0.15) is 26.3 Å². The minimum atomic E-state index is -4.97. The number of benzene rings is 2. The fraction of sp³-hybridized carbons (Fsp3) is 0.357. The molecule has 2 aromatic carbocycles. The van der Waals surface area contributed by atoms with Crippen LogP contribution in [0, 0.1) is 5.92 Å². The molecule has 1 fully saturated rings. The van der Waals surface area contributed by atoms with Crippen molar-refractivity contribution in [2.24, 2.45) is 5.92 Å². The highest BCUT2D eigenvalue weighted by molar-refractivity contribution is 5.98. The summed E-state index contributed by atoms with van der Waals surface area (Å²) in [5.74, 6) is -1.80. The Hall–Kier alpha value is -3.77. The Morgan fingerprint density at radius 2 is 1.49 bits per heavy atom. The van der Waals surface area contributed by atoms with Crippen LogP contribution in [-0.4, -0.2) is 17.3 Å². The molecule has 0 unspecified atom stereocenters. The second-order valence-electron chi connectivity index (χ2n) is 10.3. The van der Waals surface area contributed by atoms with Gasteiger partial charge in [-0.3, -0.25) is 9.78 Å². The van der Waals surface area contributed by atoms with Crippen molar-refractivity contribution < 1.29 is 49.0 Å². The Kier molecular flexibility index (Phi) is 7.78. The van der Waals surface area contributed by atoms with Gasteiger partial charge in [0, 0.05) is 17.8 Å². The molecule has 41 heavy (non-hydrogen) atoms. The molecule has 220 valence electrons. The summed E-state index contributed by atoms with van der Waals surface area (Å²) in [5, 5.41) is 0. The molecular formula is C28H23F9N2O2. The van der Waals surface area contributed by atoms with Crippen molar-refractivity contribution in [3.63, 3.8) is 0 Å². The minimum Gasteiger partial charge on any atom is -0.406 e. The first-order valence-corrected chi connectivity index (χ1v) is 12.2. The normalized spacial score (nSPS) is 18.6. The van der Waals surface area contributed by atoms with E-state index in [1.165, 1.54) is 23.1 Å². The number of anilines is 1. The van der Waals surface area contributed by atoms with Crippen LogP contribution in [-0.2, 0) is 22.6 Å². The summed E-state index contributed by atoms with van der Waals surface area (Å²) in [7, 11) is 0. The van der Waals surface area contributed by atoms with Crippen molar-refractivity contribution in [2.45, 2.75) is 56.9 Å². The molecule has 0 N–H and O–H groups in total. The zero-order valence-corrected chi connectivity index (χ0v) is 21.5. The highest BCUT2D eigenvalue weighted by Crippen LogP contribution is 2.46. The summed E-state index contributed by atoms with van der Waals surface area (Å²) < 4.78 is 121. The summed E-state index contributed by atoms with van der Waals surface area (Å²) in [4.78, 5) is 18.4. The van der Waals surface area contributed by atoms with Gasteiger partial charge in [0.15, 0.2) is 0 Å². The number of pyridine rings is 1. The number of aromatic nitrogens is 1. The van der Waals surface area contributed by atoms with E-state index < -0.39 is 59.0 Å².